The van der Waals surface area contributed by atoms with E-state index in [0.29, 0.717) is 6.04 Å². The molecule has 2 aliphatic rings. The molecular formula is C17H27N3. The summed E-state index contributed by atoms with van der Waals surface area (Å²) in [6.07, 6.45) is 2.73. The third-order valence-electron chi connectivity index (χ3n) is 5.00. The van der Waals surface area contributed by atoms with Crippen molar-refractivity contribution in [1.29, 1.82) is 0 Å². The molecule has 3 rings (SSSR count). The highest BCUT2D eigenvalue weighted by Gasteiger charge is 2.34. The Kier molecular flexibility index (Phi) is 4.11. The van der Waals surface area contributed by atoms with Gasteiger partial charge in [-0.15, -0.1) is 0 Å². The van der Waals surface area contributed by atoms with Crippen molar-refractivity contribution in [3.63, 3.8) is 0 Å². The summed E-state index contributed by atoms with van der Waals surface area (Å²) in [5.41, 5.74) is 8.98. The van der Waals surface area contributed by atoms with E-state index in [1.54, 1.807) is 0 Å². The van der Waals surface area contributed by atoms with Gasteiger partial charge in [-0.25, -0.2) is 0 Å². The van der Waals surface area contributed by atoms with Crippen LogP contribution in [-0.4, -0.2) is 48.1 Å². The fourth-order valence-electron chi connectivity index (χ4n) is 3.67. The first-order chi connectivity index (χ1) is 9.63. The standard InChI is InChI=1S/C17H27N3/c1-13-5-7-15(8-6-13)17(18)12-20-11-16-4-3-9-19(16)10-14(20)2/h5-8,14,16-17H,3-4,9-12,18H2,1-2H3. The van der Waals surface area contributed by atoms with Gasteiger partial charge in [-0.1, -0.05) is 29.8 Å². The van der Waals surface area contributed by atoms with Crippen LogP contribution in [-0.2, 0) is 0 Å². The number of nitrogens with zero attached hydrogens (tertiary/aromatic N) is 2. The van der Waals surface area contributed by atoms with Crippen molar-refractivity contribution < 1.29 is 0 Å². The van der Waals surface area contributed by atoms with E-state index >= 15 is 0 Å². The van der Waals surface area contributed by atoms with Gasteiger partial charge in [-0.2, -0.15) is 0 Å². The Morgan fingerprint density at radius 3 is 2.75 bits per heavy atom. The second-order valence-electron chi connectivity index (χ2n) is 6.61. The minimum absolute atomic E-state index is 0.131. The molecule has 2 fully saturated rings. The number of fused-ring (bicyclic) bond motifs is 1. The number of hydrogen-bond donors (Lipinski definition) is 1. The molecule has 3 nitrogen and oxygen atoms in total. The molecule has 3 unspecified atom stereocenters. The molecule has 0 bridgehead atoms. The van der Waals surface area contributed by atoms with E-state index in [9.17, 15) is 0 Å². The molecule has 0 aromatic heterocycles. The molecule has 2 heterocycles. The van der Waals surface area contributed by atoms with Crippen LogP contribution in [0.1, 0.15) is 36.9 Å². The molecule has 2 aliphatic heterocycles. The molecule has 3 atom stereocenters. The largest absolute Gasteiger partial charge is 0.323 e. The van der Waals surface area contributed by atoms with Gasteiger partial charge in [0, 0.05) is 37.8 Å². The Morgan fingerprint density at radius 2 is 2.00 bits per heavy atom. The number of benzene rings is 1. The quantitative estimate of drug-likeness (QED) is 0.916. The Morgan fingerprint density at radius 1 is 1.25 bits per heavy atom. The number of nitrogens with two attached hydrogens (primary N) is 1. The summed E-state index contributed by atoms with van der Waals surface area (Å²) in [6, 6.07) is 10.2. The van der Waals surface area contributed by atoms with Crippen LogP contribution in [0, 0.1) is 6.92 Å². The highest BCUT2D eigenvalue weighted by atomic mass is 15.3. The van der Waals surface area contributed by atoms with Gasteiger partial charge in [-0.05, 0) is 38.8 Å². The second-order valence-corrected chi connectivity index (χ2v) is 6.61. The van der Waals surface area contributed by atoms with Crippen LogP contribution < -0.4 is 5.73 Å². The monoisotopic (exact) mass is 273 g/mol. The Bertz CT molecular complexity index is 442. The van der Waals surface area contributed by atoms with Gasteiger partial charge < -0.3 is 5.73 Å². The van der Waals surface area contributed by atoms with Crippen LogP contribution in [0.2, 0.25) is 0 Å². The summed E-state index contributed by atoms with van der Waals surface area (Å²) in [5, 5.41) is 0. The zero-order valence-corrected chi connectivity index (χ0v) is 12.8. The van der Waals surface area contributed by atoms with E-state index < -0.39 is 0 Å². The van der Waals surface area contributed by atoms with Crippen molar-refractivity contribution in [2.75, 3.05) is 26.2 Å². The topological polar surface area (TPSA) is 32.5 Å². The molecule has 110 valence electrons. The summed E-state index contributed by atoms with van der Waals surface area (Å²) in [6.45, 7) is 9.15. The number of aryl methyl sites for hydroxylation is 1. The maximum Gasteiger partial charge on any atom is 0.0424 e. The average molecular weight is 273 g/mol. The molecule has 2 N–H and O–H groups in total. The van der Waals surface area contributed by atoms with Gasteiger partial charge in [0.25, 0.3) is 0 Å². The smallest absolute Gasteiger partial charge is 0.0424 e. The minimum Gasteiger partial charge on any atom is -0.323 e. The van der Waals surface area contributed by atoms with E-state index in [2.05, 4.69) is 47.9 Å². The lowest BCUT2D eigenvalue weighted by Crippen LogP contribution is -2.56. The third kappa shape index (κ3) is 2.90. The molecule has 0 radical (unpaired) electrons. The Balaban J connectivity index is 1.63. The number of piperazine rings is 1. The van der Waals surface area contributed by atoms with E-state index in [-0.39, 0.29) is 6.04 Å². The van der Waals surface area contributed by atoms with E-state index in [0.717, 1.165) is 12.6 Å². The molecule has 1 aromatic rings. The van der Waals surface area contributed by atoms with E-state index in [1.165, 1.54) is 43.6 Å². The van der Waals surface area contributed by atoms with Gasteiger partial charge in [0.05, 0.1) is 0 Å². The van der Waals surface area contributed by atoms with Crippen LogP contribution in [0.25, 0.3) is 0 Å². The van der Waals surface area contributed by atoms with Crippen molar-refractivity contribution in [2.24, 2.45) is 5.73 Å². The molecule has 0 aliphatic carbocycles. The van der Waals surface area contributed by atoms with E-state index in [4.69, 9.17) is 5.73 Å². The van der Waals surface area contributed by atoms with Crippen LogP contribution in [0.4, 0.5) is 0 Å². The number of rotatable bonds is 3. The van der Waals surface area contributed by atoms with Crippen molar-refractivity contribution in [3.8, 4) is 0 Å². The number of hydrogen-bond acceptors (Lipinski definition) is 3. The van der Waals surface area contributed by atoms with Crippen molar-refractivity contribution in [3.05, 3.63) is 35.4 Å². The highest BCUT2D eigenvalue weighted by molar-refractivity contribution is 5.24. The summed E-state index contributed by atoms with van der Waals surface area (Å²) in [7, 11) is 0. The molecule has 0 amide bonds. The molecule has 0 spiro atoms. The summed E-state index contributed by atoms with van der Waals surface area (Å²) in [4.78, 5) is 5.26. The zero-order valence-electron chi connectivity index (χ0n) is 12.8. The molecular weight excluding hydrogens is 246 g/mol. The van der Waals surface area contributed by atoms with Crippen molar-refractivity contribution in [2.45, 2.75) is 44.8 Å². The maximum absolute atomic E-state index is 6.42. The predicted octanol–water partition coefficient (Wildman–Crippen LogP) is 2.16. The summed E-state index contributed by atoms with van der Waals surface area (Å²) >= 11 is 0. The molecule has 1 aromatic carbocycles. The average Bonchev–Trinajstić information content (AvgIpc) is 2.87. The Labute approximate surface area is 122 Å². The minimum atomic E-state index is 0.131. The van der Waals surface area contributed by atoms with Gasteiger partial charge in [-0.3, -0.25) is 9.80 Å². The van der Waals surface area contributed by atoms with Crippen LogP contribution >= 0.6 is 0 Å². The maximum atomic E-state index is 6.42. The Hall–Kier alpha value is -0.900. The molecule has 20 heavy (non-hydrogen) atoms. The lowest BCUT2D eigenvalue weighted by Gasteiger charge is -2.43. The van der Waals surface area contributed by atoms with Crippen LogP contribution in [0.15, 0.2) is 24.3 Å². The van der Waals surface area contributed by atoms with Gasteiger partial charge >= 0.3 is 0 Å². The predicted molar refractivity (Wildman–Crippen MR) is 83.7 cm³/mol. The second kappa shape index (κ2) is 5.84. The van der Waals surface area contributed by atoms with Crippen LogP contribution in [0.3, 0.4) is 0 Å². The van der Waals surface area contributed by atoms with Crippen LogP contribution in [0.5, 0.6) is 0 Å². The van der Waals surface area contributed by atoms with Gasteiger partial charge in [0.1, 0.15) is 0 Å². The van der Waals surface area contributed by atoms with Crippen molar-refractivity contribution >= 4 is 0 Å². The summed E-state index contributed by atoms with van der Waals surface area (Å²) in [5.74, 6) is 0. The third-order valence-corrected chi connectivity index (χ3v) is 5.00. The fourth-order valence-corrected chi connectivity index (χ4v) is 3.67. The SMILES string of the molecule is Cc1ccc(C(N)CN2CC3CCCN3CC2C)cc1. The lowest BCUT2D eigenvalue weighted by atomic mass is 10.0. The van der Waals surface area contributed by atoms with Gasteiger partial charge in [0.2, 0.25) is 0 Å². The first-order valence-electron chi connectivity index (χ1n) is 7.94. The highest BCUT2D eigenvalue weighted by Crippen LogP contribution is 2.25. The van der Waals surface area contributed by atoms with Gasteiger partial charge in [0.15, 0.2) is 0 Å². The summed E-state index contributed by atoms with van der Waals surface area (Å²) < 4.78 is 0. The zero-order chi connectivity index (χ0) is 14.1. The fraction of sp³-hybridized carbons (Fsp3) is 0.647. The molecule has 2 saturated heterocycles. The molecule has 0 saturated carbocycles. The normalized spacial score (nSPS) is 29.4. The first kappa shape index (κ1) is 14.1. The van der Waals surface area contributed by atoms with E-state index in [1.807, 2.05) is 0 Å². The van der Waals surface area contributed by atoms with Crippen molar-refractivity contribution in [1.82, 2.24) is 9.80 Å². The molecule has 3 heteroatoms. The lowest BCUT2D eigenvalue weighted by molar-refractivity contribution is 0.0553. The first-order valence-corrected chi connectivity index (χ1v) is 7.94.